The number of hydrogen-bond donors (Lipinski definition) is 0. The van der Waals surface area contributed by atoms with E-state index in [4.69, 9.17) is 19.5 Å². The molecular formula is C25H26F3N5O3. The van der Waals surface area contributed by atoms with E-state index in [2.05, 4.69) is 9.97 Å². The van der Waals surface area contributed by atoms with Gasteiger partial charge in [0.25, 0.3) is 5.56 Å². The zero-order chi connectivity index (χ0) is 25.5. The second kappa shape index (κ2) is 7.71. The van der Waals surface area contributed by atoms with Crippen molar-refractivity contribution in [1.82, 2.24) is 24.7 Å². The molecule has 1 saturated heterocycles. The Hall–Kier alpha value is -3.08. The fourth-order valence-electron chi connectivity index (χ4n) is 6.10. The second-order valence-corrected chi connectivity index (χ2v) is 10.5. The summed E-state index contributed by atoms with van der Waals surface area (Å²) in [5.74, 6) is 0.483. The van der Waals surface area contributed by atoms with Crippen LogP contribution >= 0.6 is 0 Å². The maximum Gasteiger partial charge on any atom is 0.394 e. The summed E-state index contributed by atoms with van der Waals surface area (Å²) in [5, 5.41) is 0. The van der Waals surface area contributed by atoms with Gasteiger partial charge in [0, 0.05) is 29.6 Å². The Balaban J connectivity index is 1.37. The molecule has 4 fully saturated rings. The summed E-state index contributed by atoms with van der Waals surface area (Å²) < 4.78 is 47.9. The van der Waals surface area contributed by atoms with Crippen LogP contribution in [-0.4, -0.2) is 44.6 Å². The topological polar surface area (TPSA) is 92.0 Å². The minimum Gasteiger partial charge on any atom is -0.414 e. The van der Waals surface area contributed by atoms with Crippen molar-refractivity contribution >= 4 is 11.2 Å². The van der Waals surface area contributed by atoms with Gasteiger partial charge in [-0.25, -0.2) is 19.9 Å². The summed E-state index contributed by atoms with van der Waals surface area (Å²) in [6, 6.07) is 3.14. The van der Waals surface area contributed by atoms with Crippen molar-refractivity contribution in [3.63, 3.8) is 0 Å². The maximum atomic E-state index is 13.6. The first-order chi connectivity index (χ1) is 17.0. The summed E-state index contributed by atoms with van der Waals surface area (Å²) in [4.78, 5) is 35.9. The Morgan fingerprint density at radius 2 is 1.81 bits per heavy atom. The molecule has 36 heavy (non-hydrogen) atoms. The Kier molecular flexibility index (Phi) is 4.99. The van der Waals surface area contributed by atoms with Gasteiger partial charge in [-0.15, -0.1) is 0 Å². The van der Waals surface area contributed by atoms with Crippen LogP contribution in [0.25, 0.3) is 11.2 Å². The van der Waals surface area contributed by atoms with Crippen LogP contribution in [-0.2, 0) is 10.2 Å². The number of nitrogens with zero attached hydrogens (tertiary/aromatic N) is 5. The number of fused-ring (bicyclic) bond motifs is 1. The van der Waals surface area contributed by atoms with Crippen LogP contribution in [0.4, 0.5) is 13.2 Å². The smallest absolute Gasteiger partial charge is 0.394 e. The lowest BCUT2D eigenvalue weighted by atomic mass is 9.34. The van der Waals surface area contributed by atoms with E-state index < -0.39 is 17.0 Å². The lowest BCUT2D eigenvalue weighted by molar-refractivity contribution is -0.337. The van der Waals surface area contributed by atoms with E-state index in [1.165, 1.54) is 13.2 Å². The average Bonchev–Trinajstić information content (AvgIpc) is 2.77. The Labute approximate surface area is 204 Å². The van der Waals surface area contributed by atoms with Gasteiger partial charge in [-0.3, -0.25) is 4.79 Å². The number of pyridine rings is 1. The van der Waals surface area contributed by atoms with Crippen molar-refractivity contribution in [1.29, 1.82) is 0 Å². The van der Waals surface area contributed by atoms with Crippen LogP contribution in [0.2, 0.25) is 0 Å². The molecule has 1 aliphatic heterocycles. The van der Waals surface area contributed by atoms with Gasteiger partial charge in [0.1, 0.15) is 18.5 Å². The molecule has 2 bridgehead atoms. The van der Waals surface area contributed by atoms with E-state index in [1.54, 1.807) is 12.3 Å². The van der Waals surface area contributed by atoms with Crippen molar-refractivity contribution in [2.45, 2.75) is 69.6 Å². The predicted octanol–water partition coefficient (Wildman–Crippen LogP) is 3.88. The lowest BCUT2D eigenvalue weighted by Gasteiger charge is -2.70. The minimum absolute atomic E-state index is 0.0403. The number of rotatable bonds is 4. The molecule has 3 aromatic heterocycles. The Bertz CT molecular complexity index is 1420. The van der Waals surface area contributed by atoms with E-state index in [0.29, 0.717) is 42.1 Å². The normalized spacial score (nSPS) is 29.5. The predicted molar refractivity (Wildman–Crippen MR) is 122 cm³/mol. The van der Waals surface area contributed by atoms with Gasteiger partial charge in [0.2, 0.25) is 0 Å². The second-order valence-electron chi connectivity index (χ2n) is 10.5. The highest BCUT2D eigenvalue weighted by Gasteiger charge is 2.79. The third-order valence-electron chi connectivity index (χ3n) is 8.21. The fourth-order valence-corrected chi connectivity index (χ4v) is 6.10. The van der Waals surface area contributed by atoms with E-state index in [1.807, 2.05) is 13.8 Å². The molecule has 11 heteroatoms. The number of ether oxygens (including phenoxy) is 1. The summed E-state index contributed by atoms with van der Waals surface area (Å²) in [5.41, 5.74) is 1.28. The third kappa shape index (κ3) is 3.35. The Morgan fingerprint density at radius 3 is 2.50 bits per heavy atom. The van der Waals surface area contributed by atoms with Crippen LogP contribution in [0.15, 0.2) is 23.1 Å². The molecule has 0 spiro atoms. The fraction of sp³-hybridized carbons (Fsp3) is 0.560. The largest absolute Gasteiger partial charge is 0.414 e. The number of aromatic nitrogens is 5. The van der Waals surface area contributed by atoms with Crippen LogP contribution in [0.3, 0.4) is 0 Å². The molecule has 3 aromatic rings. The highest BCUT2D eigenvalue weighted by atomic mass is 19.4. The van der Waals surface area contributed by atoms with Crippen molar-refractivity contribution in [2.75, 3.05) is 13.7 Å². The first kappa shape index (κ1) is 23.3. The maximum absolute atomic E-state index is 13.6. The third-order valence-corrected chi connectivity index (χ3v) is 8.21. The van der Waals surface area contributed by atoms with Crippen molar-refractivity contribution in [3.8, 4) is 0 Å². The van der Waals surface area contributed by atoms with Crippen LogP contribution in [0, 0.1) is 19.3 Å². The zero-order valence-corrected chi connectivity index (χ0v) is 20.2. The van der Waals surface area contributed by atoms with Crippen LogP contribution < -0.4 is 10.4 Å². The molecule has 0 N–H and O–H groups in total. The first-order valence-electron chi connectivity index (χ1n) is 12.0. The molecule has 0 aromatic carbocycles. The molecule has 3 aliphatic carbocycles. The van der Waals surface area contributed by atoms with Gasteiger partial charge in [0.05, 0.1) is 34.8 Å². The molecule has 2 atom stereocenters. The zero-order valence-electron chi connectivity index (χ0n) is 20.2. The van der Waals surface area contributed by atoms with Gasteiger partial charge in [-0.1, -0.05) is 0 Å². The molecule has 0 radical (unpaired) electrons. The van der Waals surface area contributed by atoms with Crippen LogP contribution in [0.1, 0.15) is 72.6 Å². The summed E-state index contributed by atoms with van der Waals surface area (Å²) in [7, 11) is 1.42. The van der Waals surface area contributed by atoms with E-state index in [9.17, 15) is 18.0 Å². The van der Waals surface area contributed by atoms with Gasteiger partial charge >= 0.3 is 6.18 Å². The SMILES string of the molecule is COn1cc([C@H]2C[C@@H](c3nc(C45CC(C(F)(F)F)(C4)C5)c4nc(C)c(C)nc4n3)CCO2)ccc1=O. The number of aryl methyl sites for hydroxylation is 2. The summed E-state index contributed by atoms with van der Waals surface area (Å²) >= 11 is 0. The van der Waals surface area contributed by atoms with Crippen molar-refractivity contribution in [2.24, 2.45) is 5.41 Å². The highest BCUT2D eigenvalue weighted by Crippen LogP contribution is 2.78. The molecule has 3 saturated carbocycles. The lowest BCUT2D eigenvalue weighted by Crippen LogP contribution is -2.70. The quantitative estimate of drug-likeness (QED) is 0.536. The standard InChI is InChI=1S/C25H26F3N5O3/c1-13-14(2)30-22-19(29-13)20(23-10-24(11-23,12-23)25(26,27)28)31-21(32-22)15-6-7-36-17(8-15)16-4-5-18(34)33(9-16)35-3/h4-5,9,15,17H,6-8,10-12H2,1-3H3/t15-,17+,23?,24?/m0/s1. The molecule has 0 amide bonds. The summed E-state index contributed by atoms with van der Waals surface area (Å²) in [6.45, 7) is 4.14. The molecule has 7 rings (SSSR count). The molecule has 0 unspecified atom stereocenters. The molecule has 4 heterocycles. The highest BCUT2D eigenvalue weighted by molar-refractivity contribution is 5.75. The minimum atomic E-state index is -4.20. The number of halogens is 3. The molecular weight excluding hydrogens is 475 g/mol. The average molecular weight is 502 g/mol. The Morgan fingerprint density at radius 1 is 1.08 bits per heavy atom. The van der Waals surface area contributed by atoms with Crippen LogP contribution in [0.5, 0.6) is 0 Å². The molecule has 4 aliphatic rings. The van der Waals surface area contributed by atoms with Crippen molar-refractivity contribution in [3.05, 3.63) is 57.2 Å². The number of alkyl halides is 3. The molecule has 8 nitrogen and oxygen atoms in total. The van der Waals surface area contributed by atoms with E-state index >= 15 is 0 Å². The van der Waals surface area contributed by atoms with E-state index in [-0.39, 0.29) is 36.8 Å². The van der Waals surface area contributed by atoms with Gasteiger partial charge in [-0.2, -0.15) is 17.9 Å². The summed E-state index contributed by atoms with van der Waals surface area (Å²) in [6.07, 6.45) is -1.55. The van der Waals surface area contributed by atoms with E-state index in [0.717, 1.165) is 21.7 Å². The van der Waals surface area contributed by atoms with Crippen molar-refractivity contribution < 1.29 is 22.7 Å². The van der Waals surface area contributed by atoms with Gasteiger partial charge in [0.15, 0.2) is 5.65 Å². The molecule has 190 valence electrons. The van der Waals surface area contributed by atoms with Gasteiger partial charge in [-0.05, 0) is 52.0 Å². The monoisotopic (exact) mass is 501 g/mol. The number of hydrogen-bond acceptors (Lipinski definition) is 7. The first-order valence-corrected chi connectivity index (χ1v) is 12.0. The van der Waals surface area contributed by atoms with Gasteiger partial charge < -0.3 is 9.57 Å².